The van der Waals surface area contributed by atoms with E-state index in [0.717, 1.165) is 12.7 Å². The van der Waals surface area contributed by atoms with E-state index in [1.54, 1.807) is 37.3 Å². The number of amides is 2. The Morgan fingerprint density at radius 2 is 1.48 bits per heavy atom. The van der Waals surface area contributed by atoms with Crippen LogP contribution in [-0.4, -0.2) is 42.8 Å². The van der Waals surface area contributed by atoms with Crippen molar-refractivity contribution in [2.45, 2.75) is 31.8 Å². The molecule has 2 N–H and O–H groups in total. The van der Waals surface area contributed by atoms with Crippen molar-refractivity contribution in [1.29, 1.82) is 0 Å². The molecule has 2 atom stereocenters. The molecule has 7 heteroatoms. The fourth-order valence-corrected chi connectivity index (χ4v) is 2.76. The van der Waals surface area contributed by atoms with Crippen molar-refractivity contribution < 1.29 is 23.9 Å². The summed E-state index contributed by atoms with van der Waals surface area (Å²) in [4.78, 5) is 48.3. The topological polar surface area (TPSA) is 102 Å². The molecule has 0 fully saturated rings. The highest BCUT2D eigenvalue weighted by Gasteiger charge is 2.25. The molecular formula is C22H24N2O5. The number of Topliss-reactive ketones (excluding diaryl/α,β-unsaturated/α-hetero) is 1. The Morgan fingerprint density at radius 1 is 0.897 bits per heavy atom. The summed E-state index contributed by atoms with van der Waals surface area (Å²) < 4.78 is 4.39. The van der Waals surface area contributed by atoms with Crippen LogP contribution in [-0.2, 0) is 25.5 Å². The van der Waals surface area contributed by atoms with Gasteiger partial charge in [0.1, 0.15) is 6.04 Å². The highest BCUT2D eigenvalue weighted by Crippen LogP contribution is 2.07. The zero-order valence-corrected chi connectivity index (χ0v) is 16.4. The average Bonchev–Trinajstić information content (AvgIpc) is 2.73. The van der Waals surface area contributed by atoms with E-state index in [1.807, 2.05) is 30.3 Å². The Hall–Kier alpha value is -3.48. The van der Waals surface area contributed by atoms with E-state index in [-0.39, 0.29) is 18.7 Å². The van der Waals surface area contributed by atoms with E-state index >= 15 is 0 Å². The highest BCUT2D eigenvalue weighted by atomic mass is 16.5. The molecule has 0 spiro atoms. The molecule has 0 radical (unpaired) electrons. The van der Waals surface area contributed by atoms with Gasteiger partial charge in [0.25, 0.3) is 5.91 Å². The summed E-state index contributed by atoms with van der Waals surface area (Å²) in [6.45, 7) is 1.61. The lowest BCUT2D eigenvalue weighted by molar-refractivity contribution is -0.151. The van der Waals surface area contributed by atoms with Gasteiger partial charge in [-0.15, -0.1) is 0 Å². The van der Waals surface area contributed by atoms with Crippen LogP contribution in [0.2, 0.25) is 0 Å². The second-order valence-corrected chi connectivity index (χ2v) is 6.61. The maximum Gasteiger partial charge on any atom is 0.374 e. The molecule has 0 saturated carbocycles. The van der Waals surface area contributed by atoms with Crippen LogP contribution >= 0.6 is 0 Å². The van der Waals surface area contributed by atoms with Crippen LogP contribution < -0.4 is 10.6 Å². The zero-order chi connectivity index (χ0) is 21.2. The number of carbonyl (C=O) groups excluding carboxylic acids is 4. The van der Waals surface area contributed by atoms with Crippen LogP contribution in [0, 0.1) is 0 Å². The van der Waals surface area contributed by atoms with Gasteiger partial charge in [0.15, 0.2) is 0 Å². The number of hydrogen-bond donors (Lipinski definition) is 2. The Bertz CT molecular complexity index is 852. The summed E-state index contributed by atoms with van der Waals surface area (Å²) in [5.74, 6) is -2.50. The molecule has 0 aliphatic heterocycles. The summed E-state index contributed by atoms with van der Waals surface area (Å²) in [6, 6.07) is 16.4. The molecule has 7 nitrogen and oxygen atoms in total. The van der Waals surface area contributed by atoms with Gasteiger partial charge in [0, 0.05) is 24.4 Å². The number of rotatable bonds is 9. The first-order valence-corrected chi connectivity index (χ1v) is 9.22. The smallest absolute Gasteiger partial charge is 0.374 e. The molecule has 0 aliphatic rings. The van der Waals surface area contributed by atoms with E-state index in [4.69, 9.17) is 0 Å². The number of nitrogens with one attached hydrogen (secondary N) is 2. The van der Waals surface area contributed by atoms with Crippen LogP contribution in [0.1, 0.15) is 29.3 Å². The molecule has 0 heterocycles. The Morgan fingerprint density at radius 3 is 2.07 bits per heavy atom. The minimum Gasteiger partial charge on any atom is -0.463 e. The lowest BCUT2D eigenvalue weighted by Gasteiger charge is -2.21. The minimum atomic E-state index is -0.954. The molecule has 0 aromatic heterocycles. The number of carbonyl (C=O) groups is 4. The number of methoxy groups -OCH3 is 1. The molecule has 0 unspecified atom stereocenters. The molecule has 2 rings (SSSR count). The van der Waals surface area contributed by atoms with Crippen molar-refractivity contribution in [3.63, 3.8) is 0 Å². The van der Waals surface area contributed by atoms with Gasteiger partial charge in [0.2, 0.25) is 11.7 Å². The Labute approximate surface area is 169 Å². The van der Waals surface area contributed by atoms with Gasteiger partial charge in [-0.3, -0.25) is 14.4 Å². The lowest BCUT2D eigenvalue weighted by atomic mass is 10.0. The molecule has 29 heavy (non-hydrogen) atoms. The van der Waals surface area contributed by atoms with E-state index < -0.39 is 29.7 Å². The number of benzene rings is 2. The van der Waals surface area contributed by atoms with Gasteiger partial charge >= 0.3 is 5.97 Å². The molecule has 2 aromatic rings. The number of hydrogen-bond acceptors (Lipinski definition) is 5. The summed E-state index contributed by atoms with van der Waals surface area (Å²) in [5.41, 5.74) is 1.31. The molecular weight excluding hydrogens is 372 g/mol. The van der Waals surface area contributed by atoms with Crippen molar-refractivity contribution in [2.75, 3.05) is 7.11 Å². The summed E-state index contributed by atoms with van der Waals surface area (Å²) in [7, 11) is 1.12. The van der Waals surface area contributed by atoms with Gasteiger partial charge in [-0.25, -0.2) is 4.79 Å². The molecule has 2 aromatic carbocycles. The van der Waals surface area contributed by atoms with Gasteiger partial charge in [-0.1, -0.05) is 48.5 Å². The normalized spacial score (nSPS) is 12.3. The fourth-order valence-electron chi connectivity index (χ4n) is 2.76. The molecule has 152 valence electrons. The van der Waals surface area contributed by atoms with Crippen molar-refractivity contribution in [2.24, 2.45) is 0 Å². The van der Waals surface area contributed by atoms with Crippen LogP contribution in [0.3, 0.4) is 0 Å². The third-order valence-corrected chi connectivity index (χ3v) is 4.23. The van der Waals surface area contributed by atoms with E-state index in [1.165, 1.54) is 0 Å². The summed E-state index contributed by atoms with van der Waals surface area (Å²) in [5, 5.41) is 5.43. The predicted molar refractivity (Wildman–Crippen MR) is 107 cm³/mol. The van der Waals surface area contributed by atoms with E-state index in [0.29, 0.717) is 5.56 Å². The van der Waals surface area contributed by atoms with Gasteiger partial charge in [-0.05, 0) is 24.6 Å². The average molecular weight is 396 g/mol. The largest absolute Gasteiger partial charge is 0.463 e. The van der Waals surface area contributed by atoms with Crippen molar-refractivity contribution in [3.05, 3.63) is 71.8 Å². The molecule has 0 aliphatic carbocycles. The van der Waals surface area contributed by atoms with Crippen LogP contribution in [0.5, 0.6) is 0 Å². The summed E-state index contributed by atoms with van der Waals surface area (Å²) >= 11 is 0. The van der Waals surface area contributed by atoms with Crippen LogP contribution in [0.15, 0.2) is 60.7 Å². The Kier molecular flexibility index (Phi) is 8.09. The predicted octanol–water partition coefficient (Wildman–Crippen LogP) is 1.66. The maximum atomic E-state index is 12.8. The number of esters is 1. The van der Waals surface area contributed by atoms with E-state index in [9.17, 15) is 19.2 Å². The zero-order valence-electron chi connectivity index (χ0n) is 16.4. The van der Waals surface area contributed by atoms with Crippen molar-refractivity contribution >= 4 is 23.6 Å². The van der Waals surface area contributed by atoms with Crippen LogP contribution in [0.4, 0.5) is 0 Å². The third-order valence-electron chi connectivity index (χ3n) is 4.23. The number of ketones is 1. The monoisotopic (exact) mass is 396 g/mol. The third kappa shape index (κ3) is 6.88. The minimum absolute atomic E-state index is 0.191. The van der Waals surface area contributed by atoms with Gasteiger partial charge in [-0.2, -0.15) is 0 Å². The molecule has 0 saturated heterocycles. The Balaban J connectivity index is 2.09. The first-order chi connectivity index (χ1) is 13.9. The summed E-state index contributed by atoms with van der Waals surface area (Å²) in [6.07, 6.45) is 0.0893. The first kappa shape index (κ1) is 21.8. The maximum absolute atomic E-state index is 12.8. The molecule has 2 amide bonds. The lowest BCUT2D eigenvalue weighted by Crippen LogP contribution is -2.50. The second kappa shape index (κ2) is 10.8. The first-order valence-electron chi connectivity index (χ1n) is 9.22. The van der Waals surface area contributed by atoms with Crippen molar-refractivity contribution in [3.8, 4) is 0 Å². The van der Waals surface area contributed by atoms with E-state index in [2.05, 4.69) is 15.4 Å². The van der Waals surface area contributed by atoms with Crippen molar-refractivity contribution in [1.82, 2.24) is 10.6 Å². The SMILES string of the molecule is COC(=O)C(=O)C[C@@H](C)NC(=O)[C@H](Cc1ccccc1)NC(=O)c1ccccc1. The standard InChI is InChI=1S/C22H24N2O5/c1-15(13-19(25)22(28)29-2)23-21(27)18(14-16-9-5-3-6-10-16)24-20(26)17-11-7-4-8-12-17/h3-12,15,18H,13-14H2,1-2H3,(H,23,27)(H,24,26)/t15-,18+/m1/s1. The molecule has 0 bridgehead atoms. The van der Waals surface area contributed by atoms with Crippen LogP contribution in [0.25, 0.3) is 0 Å². The second-order valence-electron chi connectivity index (χ2n) is 6.61. The highest BCUT2D eigenvalue weighted by molar-refractivity contribution is 6.33. The fraction of sp³-hybridized carbons (Fsp3) is 0.273. The van der Waals surface area contributed by atoms with Gasteiger partial charge in [0.05, 0.1) is 7.11 Å². The quantitative estimate of drug-likeness (QED) is 0.496. The van der Waals surface area contributed by atoms with Gasteiger partial charge < -0.3 is 15.4 Å². The number of ether oxygens (including phenoxy) is 1.